The van der Waals surface area contributed by atoms with E-state index < -0.39 is 5.41 Å². The molecule has 0 amide bonds. The summed E-state index contributed by atoms with van der Waals surface area (Å²) in [5, 5.41) is 0. The van der Waals surface area contributed by atoms with E-state index >= 15 is 0 Å². The average molecular weight is 788 g/mol. The number of hydrogen-bond donors (Lipinski definition) is 0. The molecule has 8 aromatic rings. The van der Waals surface area contributed by atoms with Gasteiger partial charge in [-0.15, -0.1) is 0 Å². The zero-order valence-corrected chi connectivity index (χ0v) is 36.7. The lowest BCUT2D eigenvalue weighted by molar-refractivity contribution is 0.569. The first-order valence-corrected chi connectivity index (χ1v) is 22.0. The second-order valence-corrected chi connectivity index (χ2v) is 20.2. The largest absolute Gasteiger partial charge is 0.310 e. The Morgan fingerprint density at radius 2 is 0.721 bits per heavy atom. The molecular weight excluding hydrogens is 735 g/mol. The molecule has 0 radical (unpaired) electrons. The molecule has 3 aliphatic carbocycles. The third-order valence-electron chi connectivity index (χ3n) is 14.2. The minimum Gasteiger partial charge on any atom is -0.310 e. The van der Waals surface area contributed by atoms with Crippen LogP contribution in [-0.2, 0) is 21.7 Å². The van der Waals surface area contributed by atoms with E-state index in [-0.39, 0.29) is 16.2 Å². The van der Waals surface area contributed by atoms with E-state index in [1.807, 2.05) is 0 Å². The normalized spacial score (nSPS) is 14.8. The maximum absolute atomic E-state index is 2.55. The van der Waals surface area contributed by atoms with Crippen LogP contribution in [0.4, 0.5) is 17.1 Å². The van der Waals surface area contributed by atoms with Crippen LogP contribution < -0.4 is 4.90 Å². The molecule has 0 heterocycles. The minimum atomic E-state index is -0.440. The van der Waals surface area contributed by atoms with Gasteiger partial charge < -0.3 is 4.90 Å². The van der Waals surface area contributed by atoms with Gasteiger partial charge >= 0.3 is 0 Å². The van der Waals surface area contributed by atoms with Gasteiger partial charge in [0.15, 0.2) is 0 Å². The summed E-state index contributed by atoms with van der Waals surface area (Å²) in [4.78, 5) is 2.55. The third-order valence-corrected chi connectivity index (χ3v) is 14.2. The number of anilines is 3. The van der Waals surface area contributed by atoms with Crippen LogP contribution >= 0.6 is 0 Å². The summed E-state index contributed by atoms with van der Waals surface area (Å²) in [6.07, 6.45) is 0. The second kappa shape index (κ2) is 13.0. The van der Waals surface area contributed by atoms with Crippen molar-refractivity contribution >= 4 is 17.1 Å². The molecular formula is C60H53N. The average Bonchev–Trinajstić information content (AvgIpc) is 3.81. The fraction of sp³-hybridized carbons (Fsp3) is 0.200. The van der Waals surface area contributed by atoms with Gasteiger partial charge in [0.2, 0.25) is 0 Å². The van der Waals surface area contributed by atoms with Crippen molar-refractivity contribution in [2.45, 2.75) is 77.0 Å². The van der Waals surface area contributed by atoms with Crippen LogP contribution in [0.5, 0.6) is 0 Å². The van der Waals surface area contributed by atoms with Crippen molar-refractivity contribution < 1.29 is 0 Å². The lowest BCUT2D eigenvalue weighted by Crippen LogP contribution is -2.26. The Bertz CT molecular complexity index is 2990. The van der Waals surface area contributed by atoms with Crippen LogP contribution in [0.15, 0.2) is 176 Å². The maximum Gasteiger partial charge on any atom is 0.0726 e. The van der Waals surface area contributed by atoms with Crippen molar-refractivity contribution in [2.24, 2.45) is 0 Å². The molecule has 0 fully saturated rings. The van der Waals surface area contributed by atoms with Gasteiger partial charge in [-0.2, -0.15) is 0 Å². The van der Waals surface area contributed by atoms with Gasteiger partial charge in [-0.25, -0.2) is 0 Å². The summed E-state index contributed by atoms with van der Waals surface area (Å²) in [7, 11) is 0. The Kier molecular flexibility index (Phi) is 8.02. The summed E-state index contributed by atoms with van der Waals surface area (Å²) in [5.41, 5.74) is 24.1. The molecule has 298 valence electrons. The molecule has 3 aliphatic rings. The highest BCUT2D eigenvalue weighted by molar-refractivity contribution is 5.97. The molecule has 0 bridgehead atoms. The summed E-state index contributed by atoms with van der Waals surface area (Å²) in [6.45, 7) is 18.8. The molecule has 0 aliphatic heterocycles. The van der Waals surface area contributed by atoms with E-state index in [1.165, 1.54) is 94.7 Å². The van der Waals surface area contributed by atoms with E-state index in [2.05, 4.69) is 236 Å². The Hall–Kier alpha value is -6.44. The Balaban J connectivity index is 1.20. The SMILES string of the molecule is CC(C)(C)c1cc(-c2ccccc2N(c2ccc3c(c2)C(C)(C)c2ccccc2-3)c2ccc3c(c2)C2(c4ccccc4-c4ccccc42)c2ccccc2-3)cc(C(C)(C)C)c1. The fourth-order valence-electron chi connectivity index (χ4n) is 11.0. The van der Waals surface area contributed by atoms with Gasteiger partial charge in [-0.3, -0.25) is 0 Å². The maximum atomic E-state index is 2.55. The van der Waals surface area contributed by atoms with E-state index in [0.717, 1.165) is 11.4 Å². The Morgan fingerprint density at radius 1 is 0.344 bits per heavy atom. The van der Waals surface area contributed by atoms with E-state index in [9.17, 15) is 0 Å². The minimum absolute atomic E-state index is 0.0115. The predicted molar refractivity (Wildman–Crippen MR) is 258 cm³/mol. The molecule has 1 nitrogen and oxygen atoms in total. The van der Waals surface area contributed by atoms with E-state index in [0.29, 0.717) is 0 Å². The van der Waals surface area contributed by atoms with Crippen molar-refractivity contribution in [1.82, 2.24) is 0 Å². The van der Waals surface area contributed by atoms with Gasteiger partial charge in [0.05, 0.1) is 11.1 Å². The van der Waals surface area contributed by atoms with Gasteiger partial charge in [-0.1, -0.05) is 201 Å². The van der Waals surface area contributed by atoms with Crippen LogP contribution in [-0.4, -0.2) is 0 Å². The lowest BCUT2D eigenvalue weighted by Gasteiger charge is -2.33. The molecule has 1 spiro atoms. The molecule has 0 aromatic heterocycles. The monoisotopic (exact) mass is 787 g/mol. The highest BCUT2D eigenvalue weighted by Crippen LogP contribution is 2.63. The van der Waals surface area contributed by atoms with Gasteiger partial charge in [0.25, 0.3) is 0 Å². The standard InChI is InChI=1S/C60H53N/c1-57(2,3)39-33-38(34-40(35-39)58(4,5)6)43-19-13-18-28-56(43)61(41-29-31-48-44-20-9-14-24-50(44)59(7,8)54(48)36-41)42-30-32-49-47-23-12-17-27-53(47)60(55(49)37-42)51-25-15-10-21-45(51)46-22-11-16-26-52(46)60/h9-37H,1-8H3. The molecule has 0 atom stereocenters. The molecule has 0 N–H and O–H groups in total. The highest BCUT2D eigenvalue weighted by atomic mass is 15.1. The highest BCUT2D eigenvalue weighted by Gasteiger charge is 2.51. The molecule has 8 aromatic carbocycles. The van der Waals surface area contributed by atoms with E-state index in [4.69, 9.17) is 0 Å². The van der Waals surface area contributed by atoms with Crippen LogP contribution in [0.1, 0.15) is 99.9 Å². The van der Waals surface area contributed by atoms with Gasteiger partial charge in [-0.05, 0) is 125 Å². The van der Waals surface area contributed by atoms with Crippen LogP contribution in [0, 0.1) is 0 Å². The van der Waals surface area contributed by atoms with Crippen molar-refractivity contribution in [3.63, 3.8) is 0 Å². The zero-order valence-electron chi connectivity index (χ0n) is 36.7. The Morgan fingerprint density at radius 3 is 1.21 bits per heavy atom. The van der Waals surface area contributed by atoms with E-state index in [1.54, 1.807) is 0 Å². The van der Waals surface area contributed by atoms with Crippen molar-refractivity contribution in [3.8, 4) is 44.5 Å². The summed E-state index contributed by atoms with van der Waals surface area (Å²) >= 11 is 0. The molecule has 1 heteroatoms. The first kappa shape index (κ1) is 37.6. The number of nitrogens with zero attached hydrogens (tertiary/aromatic N) is 1. The predicted octanol–water partition coefficient (Wildman–Crippen LogP) is 16.1. The number of para-hydroxylation sites is 1. The van der Waals surface area contributed by atoms with Crippen LogP contribution in [0.2, 0.25) is 0 Å². The Labute approximate surface area is 362 Å². The topological polar surface area (TPSA) is 3.24 Å². The third kappa shape index (κ3) is 5.39. The second-order valence-electron chi connectivity index (χ2n) is 20.2. The fourth-order valence-corrected chi connectivity index (χ4v) is 11.0. The summed E-state index contributed by atoms with van der Waals surface area (Å²) in [6, 6.07) is 67.2. The first-order valence-electron chi connectivity index (χ1n) is 22.0. The summed E-state index contributed by atoms with van der Waals surface area (Å²) in [5.74, 6) is 0. The molecule has 0 saturated carbocycles. The molecule has 11 rings (SSSR count). The smallest absolute Gasteiger partial charge is 0.0726 e. The zero-order chi connectivity index (χ0) is 42.1. The first-order chi connectivity index (χ1) is 29.3. The molecule has 0 unspecified atom stereocenters. The van der Waals surface area contributed by atoms with Gasteiger partial charge in [0, 0.05) is 22.4 Å². The van der Waals surface area contributed by atoms with Crippen molar-refractivity contribution in [1.29, 1.82) is 0 Å². The lowest BCUT2D eigenvalue weighted by atomic mass is 9.70. The van der Waals surface area contributed by atoms with Crippen LogP contribution in [0.3, 0.4) is 0 Å². The number of fused-ring (bicyclic) bond motifs is 13. The van der Waals surface area contributed by atoms with Crippen molar-refractivity contribution in [3.05, 3.63) is 220 Å². The van der Waals surface area contributed by atoms with Crippen molar-refractivity contribution in [2.75, 3.05) is 4.90 Å². The number of benzene rings is 8. The molecule has 61 heavy (non-hydrogen) atoms. The quantitative estimate of drug-likeness (QED) is 0.172. The number of rotatable bonds is 4. The summed E-state index contributed by atoms with van der Waals surface area (Å²) < 4.78 is 0. The van der Waals surface area contributed by atoms with Gasteiger partial charge in [0.1, 0.15) is 0 Å². The van der Waals surface area contributed by atoms with Crippen LogP contribution in [0.25, 0.3) is 44.5 Å². The number of hydrogen-bond acceptors (Lipinski definition) is 1. The molecule has 0 saturated heterocycles.